The van der Waals surface area contributed by atoms with E-state index in [1.807, 2.05) is 62.4 Å². The van der Waals surface area contributed by atoms with Crippen LogP contribution < -0.4 is 5.32 Å². The van der Waals surface area contributed by atoms with Crippen molar-refractivity contribution in [2.45, 2.75) is 13.8 Å². The van der Waals surface area contributed by atoms with Crippen LogP contribution >= 0.6 is 0 Å². The molecule has 2 N–H and O–H groups in total. The number of aryl methyl sites for hydroxylation is 2. The second kappa shape index (κ2) is 5.94. The van der Waals surface area contributed by atoms with Crippen LogP contribution in [0.2, 0.25) is 0 Å². The van der Waals surface area contributed by atoms with E-state index in [9.17, 15) is 4.79 Å². The highest BCUT2D eigenvalue weighted by Crippen LogP contribution is 2.25. The predicted octanol–water partition coefficient (Wildman–Crippen LogP) is 4.69. The number of amides is 1. The van der Waals surface area contributed by atoms with Crippen LogP contribution in [0.1, 0.15) is 21.7 Å². The molecule has 4 rings (SSSR count). The molecular formula is C20H17N3O2. The van der Waals surface area contributed by atoms with Gasteiger partial charge in [0.2, 0.25) is 0 Å². The van der Waals surface area contributed by atoms with E-state index in [0.29, 0.717) is 22.7 Å². The molecule has 2 aromatic heterocycles. The van der Waals surface area contributed by atoms with Crippen LogP contribution in [0.25, 0.3) is 22.6 Å². The highest BCUT2D eigenvalue weighted by Gasteiger charge is 2.15. The van der Waals surface area contributed by atoms with E-state index in [0.717, 1.165) is 22.5 Å². The van der Waals surface area contributed by atoms with Gasteiger partial charge < -0.3 is 14.7 Å². The van der Waals surface area contributed by atoms with Crippen LogP contribution in [0.4, 0.5) is 5.69 Å². The molecule has 0 aliphatic carbocycles. The van der Waals surface area contributed by atoms with Gasteiger partial charge in [0.25, 0.3) is 5.91 Å². The number of carbonyl (C=O) groups is 1. The van der Waals surface area contributed by atoms with Crippen molar-refractivity contribution in [3.63, 3.8) is 0 Å². The van der Waals surface area contributed by atoms with Gasteiger partial charge in [-0.15, -0.1) is 0 Å². The fourth-order valence-electron chi connectivity index (χ4n) is 2.73. The fraction of sp³-hybridized carbons (Fsp3) is 0.100. The maximum Gasteiger partial charge on any atom is 0.257 e. The number of anilines is 1. The van der Waals surface area contributed by atoms with Gasteiger partial charge in [0.15, 0.2) is 11.6 Å². The first-order chi connectivity index (χ1) is 12.1. The molecule has 0 bridgehead atoms. The number of hydrogen-bond donors (Lipinski definition) is 2. The summed E-state index contributed by atoms with van der Waals surface area (Å²) in [5.74, 6) is 1.88. The number of hydrogen-bond acceptors (Lipinski definition) is 3. The standard InChI is InChI=1S/C20H17N3O2/c1-12-6-9-14(10-7-12)21-20(24)15-4-3-5-16-18(15)23-19(22-16)17-11-8-13(2)25-17/h3-11H,1-2H3,(H,21,24)(H,22,23). The number of nitrogens with one attached hydrogen (secondary N) is 2. The number of nitrogens with zero attached hydrogens (tertiary/aromatic N) is 1. The Morgan fingerprint density at radius 1 is 1.04 bits per heavy atom. The minimum absolute atomic E-state index is 0.192. The molecule has 0 atom stereocenters. The van der Waals surface area contributed by atoms with E-state index < -0.39 is 0 Å². The van der Waals surface area contributed by atoms with E-state index in [1.54, 1.807) is 6.07 Å². The number of aromatic amines is 1. The van der Waals surface area contributed by atoms with Gasteiger partial charge in [-0.25, -0.2) is 4.98 Å². The molecule has 5 heteroatoms. The third kappa shape index (κ3) is 2.92. The monoisotopic (exact) mass is 331 g/mol. The number of fused-ring (bicyclic) bond motifs is 1. The van der Waals surface area contributed by atoms with Gasteiger partial charge in [-0.1, -0.05) is 23.8 Å². The van der Waals surface area contributed by atoms with Crippen molar-refractivity contribution in [1.29, 1.82) is 0 Å². The van der Waals surface area contributed by atoms with E-state index in [1.165, 1.54) is 0 Å². The maximum atomic E-state index is 12.7. The average Bonchev–Trinajstić information content (AvgIpc) is 3.22. The molecule has 1 amide bonds. The molecule has 0 aliphatic heterocycles. The Labute approximate surface area is 144 Å². The third-order valence-electron chi connectivity index (χ3n) is 4.04. The van der Waals surface area contributed by atoms with E-state index in [-0.39, 0.29) is 5.91 Å². The average molecular weight is 331 g/mol. The summed E-state index contributed by atoms with van der Waals surface area (Å²) in [7, 11) is 0. The van der Waals surface area contributed by atoms with Crippen molar-refractivity contribution < 1.29 is 9.21 Å². The highest BCUT2D eigenvalue weighted by molar-refractivity contribution is 6.11. The lowest BCUT2D eigenvalue weighted by atomic mass is 10.1. The molecule has 5 nitrogen and oxygen atoms in total. The summed E-state index contributed by atoms with van der Waals surface area (Å²) < 4.78 is 5.61. The first kappa shape index (κ1) is 15.2. The summed E-state index contributed by atoms with van der Waals surface area (Å²) >= 11 is 0. The van der Waals surface area contributed by atoms with E-state index in [4.69, 9.17) is 4.42 Å². The van der Waals surface area contributed by atoms with Crippen LogP contribution in [-0.4, -0.2) is 15.9 Å². The van der Waals surface area contributed by atoms with Gasteiger partial charge in [0.05, 0.1) is 11.1 Å². The number of H-pyrrole nitrogens is 1. The Balaban J connectivity index is 1.70. The van der Waals surface area contributed by atoms with Crippen molar-refractivity contribution in [3.05, 3.63) is 71.5 Å². The zero-order chi connectivity index (χ0) is 17.4. The normalized spacial score (nSPS) is 11.0. The Morgan fingerprint density at radius 2 is 1.84 bits per heavy atom. The summed E-state index contributed by atoms with van der Waals surface area (Å²) in [5, 5.41) is 2.91. The van der Waals surface area contributed by atoms with E-state index in [2.05, 4.69) is 15.3 Å². The highest BCUT2D eigenvalue weighted by atomic mass is 16.3. The number of imidazole rings is 1. The third-order valence-corrected chi connectivity index (χ3v) is 4.04. The molecular weight excluding hydrogens is 314 g/mol. The Kier molecular flexibility index (Phi) is 3.61. The minimum Gasteiger partial charge on any atom is -0.458 e. The van der Waals surface area contributed by atoms with Crippen LogP contribution in [0.15, 0.2) is 59.0 Å². The van der Waals surface area contributed by atoms with Crippen molar-refractivity contribution in [2.75, 3.05) is 5.32 Å². The molecule has 0 aliphatic rings. The second-order valence-electron chi connectivity index (χ2n) is 6.02. The molecule has 4 aromatic rings. The van der Waals surface area contributed by atoms with Crippen LogP contribution in [0.5, 0.6) is 0 Å². The number of carbonyl (C=O) groups excluding carboxylic acids is 1. The molecule has 124 valence electrons. The molecule has 2 heterocycles. The topological polar surface area (TPSA) is 70.9 Å². The van der Waals surface area contributed by atoms with Crippen molar-refractivity contribution in [2.24, 2.45) is 0 Å². The smallest absolute Gasteiger partial charge is 0.257 e. The number of rotatable bonds is 3. The Bertz CT molecular complexity index is 1060. The number of furan rings is 1. The van der Waals surface area contributed by atoms with Crippen molar-refractivity contribution in [3.8, 4) is 11.6 Å². The minimum atomic E-state index is -0.192. The molecule has 25 heavy (non-hydrogen) atoms. The largest absolute Gasteiger partial charge is 0.458 e. The van der Waals surface area contributed by atoms with Crippen LogP contribution in [0, 0.1) is 13.8 Å². The molecule has 0 radical (unpaired) electrons. The second-order valence-corrected chi connectivity index (χ2v) is 6.02. The van der Waals surface area contributed by atoms with Gasteiger partial charge in [0.1, 0.15) is 11.3 Å². The van der Waals surface area contributed by atoms with Crippen molar-refractivity contribution in [1.82, 2.24) is 9.97 Å². The first-order valence-corrected chi connectivity index (χ1v) is 8.04. The zero-order valence-corrected chi connectivity index (χ0v) is 14.0. The lowest BCUT2D eigenvalue weighted by Gasteiger charge is -2.06. The molecule has 2 aromatic carbocycles. The summed E-state index contributed by atoms with van der Waals surface area (Å²) in [6.45, 7) is 3.89. The summed E-state index contributed by atoms with van der Waals surface area (Å²) in [5.41, 5.74) is 3.83. The predicted molar refractivity (Wildman–Crippen MR) is 97.7 cm³/mol. The zero-order valence-electron chi connectivity index (χ0n) is 14.0. The Hall–Kier alpha value is -3.34. The summed E-state index contributed by atoms with van der Waals surface area (Å²) in [4.78, 5) is 20.4. The molecule has 0 spiro atoms. The molecule has 0 saturated carbocycles. The quantitative estimate of drug-likeness (QED) is 0.572. The SMILES string of the molecule is Cc1ccc(NC(=O)c2cccc3[nH]c(-c4ccc(C)o4)nc23)cc1. The first-order valence-electron chi connectivity index (χ1n) is 8.04. The number of para-hydroxylation sites is 1. The number of benzene rings is 2. The lowest BCUT2D eigenvalue weighted by molar-refractivity contribution is 0.102. The fourth-order valence-corrected chi connectivity index (χ4v) is 2.73. The summed E-state index contributed by atoms with van der Waals surface area (Å²) in [6.07, 6.45) is 0. The van der Waals surface area contributed by atoms with Gasteiger partial charge in [-0.3, -0.25) is 4.79 Å². The van der Waals surface area contributed by atoms with Crippen LogP contribution in [0.3, 0.4) is 0 Å². The van der Waals surface area contributed by atoms with Gasteiger partial charge in [-0.05, 0) is 50.2 Å². The van der Waals surface area contributed by atoms with Gasteiger partial charge >= 0.3 is 0 Å². The molecule has 0 saturated heterocycles. The Morgan fingerprint density at radius 3 is 2.56 bits per heavy atom. The number of aromatic nitrogens is 2. The lowest BCUT2D eigenvalue weighted by Crippen LogP contribution is -2.12. The summed E-state index contributed by atoms with van der Waals surface area (Å²) in [6, 6.07) is 16.9. The van der Waals surface area contributed by atoms with Crippen LogP contribution in [-0.2, 0) is 0 Å². The molecule has 0 fully saturated rings. The van der Waals surface area contributed by atoms with Gasteiger partial charge in [-0.2, -0.15) is 0 Å². The maximum absolute atomic E-state index is 12.7. The van der Waals surface area contributed by atoms with Gasteiger partial charge in [0, 0.05) is 5.69 Å². The van der Waals surface area contributed by atoms with Crippen molar-refractivity contribution >= 4 is 22.6 Å². The van der Waals surface area contributed by atoms with E-state index >= 15 is 0 Å². The molecule has 0 unspecified atom stereocenters.